The average Bonchev–Trinajstić information content (AvgIpc) is 3.33. The number of nitrogens with one attached hydrogen (secondary N) is 1. The Morgan fingerprint density at radius 2 is 1.59 bits per heavy atom. The lowest BCUT2D eigenvalue weighted by atomic mass is 10.1. The molecule has 5 rings (SSSR count). The van der Waals surface area contributed by atoms with Gasteiger partial charge < -0.3 is 10.1 Å². The van der Waals surface area contributed by atoms with E-state index >= 15 is 0 Å². The van der Waals surface area contributed by atoms with E-state index in [0.717, 1.165) is 33.8 Å². The van der Waals surface area contributed by atoms with Gasteiger partial charge >= 0.3 is 0 Å². The first-order chi connectivity index (χ1) is 16.6. The molecule has 6 nitrogen and oxygen atoms in total. The number of ether oxygens (including phenoxy) is 1. The molecule has 0 aliphatic heterocycles. The van der Waals surface area contributed by atoms with Crippen molar-refractivity contribution in [2.24, 2.45) is 0 Å². The second-order valence-electron chi connectivity index (χ2n) is 8.03. The van der Waals surface area contributed by atoms with Gasteiger partial charge in [0.1, 0.15) is 11.4 Å². The largest absolute Gasteiger partial charge is 0.497 e. The van der Waals surface area contributed by atoms with Crippen LogP contribution in [0.2, 0.25) is 0 Å². The average molecular weight is 449 g/mol. The second-order valence-corrected chi connectivity index (χ2v) is 8.03. The van der Waals surface area contributed by atoms with E-state index in [1.54, 1.807) is 17.7 Å². The normalized spacial score (nSPS) is 11.8. The lowest BCUT2D eigenvalue weighted by Crippen LogP contribution is -2.27. The van der Waals surface area contributed by atoms with Gasteiger partial charge in [-0.2, -0.15) is 5.10 Å². The molecule has 5 aromatic rings. The number of carbonyl (C=O) groups is 1. The van der Waals surface area contributed by atoms with E-state index in [9.17, 15) is 4.79 Å². The fourth-order valence-corrected chi connectivity index (χ4v) is 3.92. The Morgan fingerprint density at radius 1 is 0.882 bits per heavy atom. The van der Waals surface area contributed by atoms with E-state index in [2.05, 4.69) is 10.3 Å². The lowest BCUT2D eigenvalue weighted by molar-refractivity contribution is 0.0935. The summed E-state index contributed by atoms with van der Waals surface area (Å²) in [4.78, 5) is 17.9. The Morgan fingerprint density at radius 3 is 2.32 bits per heavy atom. The van der Waals surface area contributed by atoms with Crippen molar-refractivity contribution in [2.45, 2.75) is 13.0 Å². The number of hydrogen-bond donors (Lipinski definition) is 1. The van der Waals surface area contributed by atoms with Gasteiger partial charge in [0, 0.05) is 17.2 Å². The minimum Gasteiger partial charge on any atom is -0.497 e. The van der Waals surface area contributed by atoms with Crippen LogP contribution in [0.3, 0.4) is 0 Å². The molecule has 0 saturated carbocycles. The van der Waals surface area contributed by atoms with Gasteiger partial charge in [-0.15, -0.1) is 0 Å². The van der Waals surface area contributed by atoms with Crippen LogP contribution in [0, 0.1) is 0 Å². The summed E-state index contributed by atoms with van der Waals surface area (Å²) in [5, 5.41) is 7.87. The van der Waals surface area contributed by atoms with E-state index in [4.69, 9.17) is 9.84 Å². The minimum absolute atomic E-state index is 0.156. The first-order valence-electron chi connectivity index (χ1n) is 11.1. The topological polar surface area (TPSA) is 68.5 Å². The Labute approximate surface area is 197 Å². The summed E-state index contributed by atoms with van der Waals surface area (Å²) in [5.41, 5.74) is 5.34. The molecule has 0 saturated heterocycles. The first kappa shape index (κ1) is 21.4. The van der Waals surface area contributed by atoms with Crippen molar-refractivity contribution in [3.63, 3.8) is 0 Å². The van der Waals surface area contributed by atoms with Crippen molar-refractivity contribution in [2.75, 3.05) is 7.11 Å². The molecule has 0 aliphatic carbocycles. The maximum absolute atomic E-state index is 13.2. The number of nitrogens with zero attached hydrogens (tertiary/aromatic N) is 3. The van der Waals surface area contributed by atoms with E-state index in [1.165, 1.54) is 0 Å². The number of benzene rings is 3. The van der Waals surface area contributed by atoms with Crippen molar-refractivity contribution in [3.8, 4) is 28.3 Å². The SMILES string of the molecule is COc1cccc(-c2cc(C(=O)NC(C)c3ccccc3)nc3cc(-c4ccccc4)nn23)c1. The zero-order valence-corrected chi connectivity index (χ0v) is 19.0. The first-order valence-corrected chi connectivity index (χ1v) is 11.1. The van der Waals surface area contributed by atoms with Crippen molar-refractivity contribution < 1.29 is 9.53 Å². The van der Waals surface area contributed by atoms with Gasteiger partial charge in [0.2, 0.25) is 0 Å². The molecule has 0 radical (unpaired) electrons. The van der Waals surface area contributed by atoms with Crippen molar-refractivity contribution in [1.82, 2.24) is 19.9 Å². The van der Waals surface area contributed by atoms with Crippen LogP contribution in [0.1, 0.15) is 29.0 Å². The number of methoxy groups -OCH3 is 1. The molecular weight excluding hydrogens is 424 g/mol. The summed E-state index contributed by atoms with van der Waals surface area (Å²) in [5.74, 6) is 0.479. The third-order valence-electron chi connectivity index (χ3n) is 5.74. The maximum Gasteiger partial charge on any atom is 0.270 e. The Balaban J connectivity index is 1.60. The molecular formula is C28H24N4O2. The molecule has 34 heavy (non-hydrogen) atoms. The smallest absolute Gasteiger partial charge is 0.270 e. The highest BCUT2D eigenvalue weighted by Gasteiger charge is 2.18. The van der Waals surface area contributed by atoms with Gasteiger partial charge in [-0.1, -0.05) is 72.8 Å². The quantitative estimate of drug-likeness (QED) is 0.369. The molecule has 168 valence electrons. The van der Waals surface area contributed by atoms with Gasteiger partial charge in [-0.3, -0.25) is 4.79 Å². The predicted molar refractivity (Wildman–Crippen MR) is 133 cm³/mol. The molecule has 0 spiro atoms. The summed E-state index contributed by atoms with van der Waals surface area (Å²) in [6, 6.07) is 31.0. The van der Waals surface area contributed by atoms with Crippen molar-refractivity contribution in [1.29, 1.82) is 0 Å². The Kier molecular flexibility index (Phi) is 5.79. The Hall–Kier alpha value is -4.45. The summed E-state index contributed by atoms with van der Waals surface area (Å²) in [6.45, 7) is 1.96. The third-order valence-corrected chi connectivity index (χ3v) is 5.74. The number of amides is 1. The van der Waals surface area contributed by atoms with Gasteiger partial charge in [0.05, 0.1) is 24.5 Å². The molecule has 1 atom stereocenters. The van der Waals surface area contributed by atoms with Crippen LogP contribution in [0.15, 0.2) is 97.1 Å². The van der Waals surface area contributed by atoms with E-state index in [0.29, 0.717) is 11.3 Å². The van der Waals surface area contributed by atoms with Gasteiger partial charge in [0.25, 0.3) is 5.91 Å². The third kappa shape index (κ3) is 4.26. The number of fused-ring (bicyclic) bond motifs is 1. The van der Waals surface area contributed by atoms with Crippen molar-refractivity contribution in [3.05, 3.63) is 108 Å². The second kappa shape index (κ2) is 9.19. The molecule has 0 fully saturated rings. The van der Waals surface area contributed by atoms with Crippen LogP contribution in [-0.2, 0) is 0 Å². The zero-order valence-electron chi connectivity index (χ0n) is 19.0. The summed E-state index contributed by atoms with van der Waals surface area (Å²) in [7, 11) is 1.63. The van der Waals surface area contributed by atoms with Crippen LogP contribution in [-0.4, -0.2) is 27.6 Å². The van der Waals surface area contributed by atoms with E-state index in [-0.39, 0.29) is 11.9 Å². The highest BCUT2D eigenvalue weighted by atomic mass is 16.5. The molecule has 3 aromatic carbocycles. The fraction of sp³-hybridized carbons (Fsp3) is 0.107. The molecule has 1 amide bonds. The standard InChI is InChI=1S/C28H24N4O2/c1-19(20-10-5-3-6-11-20)29-28(33)25-17-26(22-14-9-15-23(16-22)34-2)32-27(30-25)18-24(31-32)21-12-7-4-8-13-21/h3-19H,1-2H3,(H,29,33). The van der Waals surface area contributed by atoms with Crippen LogP contribution in [0.4, 0.5) is 0 Å². The zero-order chi connectivity index (χ0) is 23.5. The van der Waals surface area contributed by atoms with Crippen LogP contribution < -0.4 is 10.1 Å². The molecule has 0 bridgehead atoms. The van der Waals surface area contributed by atoms with Gasteiger partial charge in [-0.25, -0.2) is 9.50 Å². The van der Waals surface area contributed by atoms with Crippen LogP contribution in [0.25, 0.3) is 28.2 Å². The highest BCUT2D eigenvalue weighted by Crippen LogP contribution is 2.27. The predicted octanol–water partition coefficient (Wildman–Crippen LogP) is 5.56. The van der Waals surface area contributed by atoms with Crippen LogP contribution >= 0.6 is 0 Å². The monoisotopic (exact) mass is 448 g/mol. The minimum atomic E-state index is -0.245. The van der Waals surface area contributed by atoms with Gasteiger partial charge in [0.15, 0.2) is 5.65 Å². The highest BCUT2D eigenvalue weighted by molar-refractivity contribution is 5.94. The molecule has 1 unspecified atom stereocenters. The van der Waals surface area contributed by atoms with E-state index in [1.807, 2.05) is 97.9 Å². The number of aromatic nitrogens is 3. The van der Waals surface area contributed by atoms with Crippen LogP contribution in [0.5, 0.6) is 5.75 Å². The summed E-state index contributed by atoms with van der Waals surface area (Å²) < 4.78 is 7.19. The summed E-state index contributed by atoms with van der Waals surface area (Å²) in [6.07, 6.45) is 0. The number of rotatable bonds is 6. The summed E-state index contributed by atoms with van der Waals surface area (Å²) >= 11 is 0. The molecule has 6 heteroatoms. The lowest BCUT2D eigenvalue weighted by Gasteiger charge is -2.15. The number of carbonyl (C=O) groups excluding carboxylic acids is 1. The Bertz CT molecular complexity index is 1450. The molecule has 2 heterocycles. The molecule has 1 N–H and O–H groups in total. The fourth-order valence-electron chi connectivity index (χ4n) is 3.92. The van der Waals surface area contributed by atoms with E-state index < -0.39 is 0 Å². The van der Waals surface area contributed by atoms with Crippen molar-refractivity contribution >= 4 is 11.6 Å². The number of hydrogen-bond acceptors (Lipinski definition) is 4. The maximum atomic E-state index is 13.2. The van der Waals surface area contributed by atoms with Gasteiger partial charge in [-0.05, 0) is 30.7 Å². The molecule has 0 aliphatic rings. The molecule has 2 aromatic heterocycles.